The van der Waals surface area contributed by atoms with Crippen molar-refractivity contribution in [2.24, 2.45) is 0 Å². The second-order valence-corrected chi connectivity index (χ2v) is 5.52. The van der Waals surface area contributed by atoms with Gasteiger partial charge in [0, 0.05) is 12.5 Å². The van der Waals surface area contributed by atoms with Crippen molar-refractivity contribution in [3.05, 3.63) is 53.8 Å². The molecular formula is C16H11F3N6O. The minimum Gasteiger partial charge on any atom is -0.424 e. The summed E-state index contributed by atoms with van der Waals surface area (Å²) in [5, 5.41) is 11.8. The number of hydrogen-bond acceptors (Lipinski definition) is 6. The zero-order chi connectivity index (χ0) is 18.3. The lowest BCUT2D eigenvalue weighted by Gasteiger charge is -2.06. The number of hydrogen-bond donors (Lipinski definition) is 0. The Morgan fingerprint density at radius 2 is 2.04 bits per heavy atom. The van der Waals surface area contributed by atoms with E-state index in [-0.39, 0.29) is 6.54 Å². The summed E-state index contributed by atoms with van der Waals surface area (Å²) in [6.07, 6.45) is 0.0242. The summed E-state index contributed by atoms with van der Waals surface area (Å²) in [4.78, 5) is 8.65. The van der Waals surface area contributed by atoms with E-state index in [0.29, 0.717) is 34.2 Å². The van der Waals surface area contributed by atoms with Gasteiger partial charge in [-0.1, -0.05) is 0 Å². The van der Waals surface area contributed by atoms with Crippen LogP contribution in [0.25, 0.3) is 22.4 Å². The van der Waals surface area contributed by atoms with E-state index in [1.54, 1.807) is 6.92 Å². The van der Waals surface area contributed by atoms with Gasteiger partial charge in [-0.2, -0.15) is 5.10 Å². The molecule has 26 heavy (non-hydrogen) atoms. The molecule has 0 fully saturated rings. The molecule has 7 nitrogen and oxygen atoms in total. The highest BCUT2D eigenvalue weighted by Gasteiger charge is 2.16. The van der Waals surface area contributed by atoms with E-state index < -0.39 is 17.8 Å². The average Bonchev–Trinajstić information content (AvgIpc) is 3.21. The molecule has 10 heteroatoms. The number of nitrogens with zero attached hydrogens (tertiary/aromatic N) is 6. The van der Waals surface area contributed by atoms with E-state index in [9.17, 15) is 13.2 Å². The highest BCUT2D eigenvalue weighted by atomic mass is 19.3. The van der Waals surface area contributed by atoms with E-state index in [4.69, 9.17) is 4.42 Å². The average molecular weight is 360 g/mol. The third kappa shape index (κ3) is 2.89. The molecule has 0 amide bonds. The van der Waals surface area contributed by atoms with Crippen LogP contribution in [-0.2, 0) is 6.54 Å². The molecule has 0 radical (unpaired) electrons. The normalized spacial score (nSPS) is 11.6. The number of aromatic nitrogens is 6. The maximum absolute atomic E-state index is 13.5. The van der Waals surface area contributed by atoms with Crippen LogP contribution >= 0.6 is 0 Å². The van der Waals surface area contributed by atoms with Crippen LogP contribution in [-0.4, -0.2) is 29.9 Å². The summed E-state index contributed by atoms with van der Waals surface area (Å²) in [6.45, 7) is 1.86. The van der Waals surface area contributed by atoms with Gasteiger partial charge in [0.15, 0.2) is 5.65 Å². The third-order valence-corrected chi connectivity index (χ3v) is 3.73. The Labute approximate surface area is 144 Å². The van der Waals surface area contributed by atoms with E-state index in [2.05, 4.69) is 25.3 Å². The number of alkyl halides is 2. The van der Waals surface area contributed by atoms with Gasteiger partial charge >= 0.3 is 0 Å². The molecule has 4 aromatic rings. The SMILES string of the molecule is Cc1nnc(Cn2ncc3ncc(-c4ccc(F)c(C(F)F)c4)nc32)o1. The van der Waals surface area contributed by atoms with Crippen LogP contribution in [0.4, 0.5) is 13.2 Å². The first kappa shape index (κ1) is 16.2. The van der Waals surface area contributed by atoms with Crippen LogP contribution < -0.4 is 0 Å². The molecule has 1 aromatic carbocycles. The van der Waals surface area contributed by atoms with Gasteiger partial charge in [0.05, 0.1) is 23.7 Å². The molecule has 3 heterocycles. The van der Waals surface area contributed by atoms with Gasteiger partial charge in [-0.25, -0.2) is 27.8 Å². The van der Waals surface area contributed by atoms with Gasteiger partial charge in [0.25, 0.3) is 6.43 Å². The fourth-order valence-corrected chi connectivity index (χ4v) is 2.50. The molecule has 3 aromatic heterocycles. The first-order valence-corrected chi connectivity index (χ1v) is 7.57. The van der Waals surface area contributed by atoms with Crippen molar-refractivity contribution in [3.8, 4) is 11.3 Å². The Morgan fingerprint density at radius 1 is 1.19 bits per heavy atom. The second-order valence-electron chi connectivity index (χ2n) is 5.52. The van der Waals surface area contributed by atoms with Crippen molar-refractivity contribution in [2.45, 2.75) is 19.9 Å². The fourth-order valence-electron chi connectivity index (χ4n) is 2.50. The first-order chi connectivity index (χ1) is 12.5. The predicted molar refractivity (Wildman–Crippen MR) is 83.8 cm³/mol. The molecule has 0 N–H and O–H groups in total. The van der Waals surface area contributed by atoms with Gasteiger partial charge in [-0.3, -0.25) is 0 Å². The molecule has 0 bridgehead atoms. The molecule has 0 atom stereocenters. The molecule has 0 spiro atoms. The first-order valence-electron chi connectivity index (χ1n) is 7.57. The molecular weight excluding hydrogens is 349 g/mol. The summed E-state index contributed by atoms with van der Waals surface area (Å²) < 4.78 is 46.2. The lowest BCUT2D eigenvalue weighted by atomic mass is 10.1. The summed E-state index contributed by atoms with van der Waals surface area (Å²) in [6, 6.07) is 3.43. The van der Waals surface area contributed by atoms with E-state index in [1.807, 2.05) is 0 Å². The predicted octanol–water partition coefficient (Wildman–Crippen LogP) is 3.31. The van der Waals surface area contributed by atoms with Gasteiger partial charge < -0.3 is 4.42 Å². The third-order valence-electron chi connectivity index (χ3n) is 3.73. The van der Waals surface area contributed by atoms with E-state index in [0.717, 1.165) is 12.1 Å². The fraction of sp³-hybridized carbons (Fsp3) is 0.188. The standard InChI is InChI=1S/C16H11F3N6O/c1-8-23-24-14(26-8)7-25-16-13(6-21-25)20-5-12(22-16)9-2-3-11(17)10(4-9)15(18)19/h2-6,15H,7H2,1H3. The van der Waals surface area contributed by atoms with Crippen LogP contribution in [0.5, 0.6) is 0 Å². The van der Waals surface area contributed by atoms with Gasteiger partial charge in [-0.15, -0.1) is 10.2 Å². The molecule has 0 saturated carbocycles. The molecule has 4 rings (SSSR count). The minimum absolute atomic E-state index is 0.189. The smallest absolute Gasteiger partial charge is 0.266 e. The van der Waals surface area contributed by atoms with Crippen molar-refractivity contribution in [1.29, 1.82) is 0 Å². The van der Waals surface area contributed by atoms with Gasteiger partial charge in [-0.05, 0) is 18.2 Å². The Balaban J connectivity index is 1.75. The van der Waals surface area contributed by atoms with Crippen molar-refractivity contribution in [3.63, 3.8) is 0 Å². The van der Waals surface area contributed by atoms with Crippen LogP contribution in [0.2, 0.25) is 0 Å². The number of benzene rings is 1. The van der Waals surface area contributed by atoms with Crippen LogP contribution in [0, 0.1) is 12.7 Å². The van der Waals surface area contributed by atoms with Crippen LogP contribution in [0.3, 0.4) is 0 Å². The highest BCUT2D eigenvalue weighted by molar-refractivity contribution is 5.73. The number of aryl methyl sites for hydroxylation is 1. The second kappa shape index (κ2) is 6.21. The van der Waals surface area contributed by atoms with Gasteiger partial charge in [0.2, 0.25) is 11.8 Å². The molecule has 132 valence electrons. The topological polar surface area (TPSA) is 82.5 Å². The molecule has 0 aliphatic heterocycles. The summed E-state index contributed by atoms with van der Waals surface area (Å²) in [5.74, 6) is -0.190. The largest absolute Gasteiger partial charge is 0.424 e. The van der Waals surface area contributed by atoms with Crippen molar-refractivity contribution in [2.75, 3.05) is 0 Å². The zero-order valence-electron chi connectivity index (χ0n) is 13.4. The lowest BCUT2D eigenvalue weighted by Crippen LogP contribution is -2.03. The quantitative estimate of drug-likeness (QED) is 0.555. The minimum atomic E-state index is -2.92. The monoisotopic (exact) mass is 360 g/mol. The highest BCUT2D eigenvalue weighted by Crippen LogP contribution is 2.27. The molecule has 0 saturated heterocycles. The van der Waals surface area contributed by atoms with Crippen molar-refractivity contribution in [1.82, 2.24) is 29.9 Å². The maximum atomic E-state index is 13.5. The van der Waals surface area contributed by atoms with E-state index in [1.165, 1.54) is 23.1 Å². The number of fused-ring (bicyclic) bond motifs is 1. The van der Waals surface area contributed by atoms with Crippen molar-refractivity contribution >= 4 is 11.2 Å². The Bertz CT molecular complexity index is 1090. The summed E-state index contributed by atoms with van der Waals surface area (Å²) in [7, 11) is 0. The molecule has 0 aliphatic carbocycles. The molecule has 0 aliphatic rings. The van der Waals surface area contributed by atoms with E-state index >= 15 is 0 Å². The summed E-state index contributed by atoms with van der Waals surface area (Å²) >= 11 is 0. The van der Waals surface area contributed by atoms with Gasteiger partial charge in [0.1, 0.15) is 17.9 Å². The Morgan fingerprint density at radius 3 is 2.77 bits per heavy atom. The zero-order valence-corrected chi connectivity index (χ0v) is 13.4. The Hall–Kier alpha value is -3.30. The summed E-state index contributed by atoms with van der Waals surface area (Å²) in [5.41, 5.74) is 0.905. The van der Waals surface area contributed by atoms with Crippen LogP contribution in [0.1, 0.15) is 23.8 Å². The van der Waals surface area contributed by atoms with Crippen molar-refractivity contribution < 1.29 is 17.6 Å². The number of rotatable bonds is 4. The number of halogens is 3. The molecule has 0 unspecified atom stereocenters. The Kier molecular flexibility index (Phi) is 3.86. The lowest BCUT2D eigenvalue weighted by molar-refractivity contribution is 0.146. The maximum Gasteiger partial charge on any atom is 0.266 e. The van der Waals surface area contributed by atoms with Crippen LogP contribution in [0.15, 0.2) is 35.0 Å².